The van der Waals surface area contributed by atoms with Gasteiger partial charge in [-0.2, -0.15) is 0 Å². The molecule has 1 heterocycles. The Morgan fingerprint density at radius 2 is 1.13 bits per heavy atom. The molecular formula is C45H31NSe. The Hall–Kier alpha value is -5.14. The maximum atomic E-state index is 2.51. The van der Waals surface area contributed by atoms with Gasteiger partial charge in [-0.1, -0.05) is 0 Å². The summed E-state index contributed by atoms with van der Waals surface area (Å²) in [6.07, 6.45) is 0. The Morgan fingerprint density at radius 3 is 2.02 bits per heavy atom. The normalized spacial score (nSPS) is 13.5. The van der Waals surface area contributed by atoms with Gasteiger partial charge in [0, 0.05) is 0 Å². The minimum absolute atomic E-state index is 0.0362. The molecule has 1 aliphatic carbocycles. The maximum absolute atomic E-state index is 2.51. The molecule has 0 aliphatic heterocycles. The molecule has 47 heavy (non-hydrogen) atoms. The average molecular weight is 665 g/mol. The second-order valence-electron chi connectivity index (χ2n) is 13.3. The summed E-state index contributed by atoms with van der Waals surface area (Å²) >= 11 is 0.240. The van der Waals surface area contributed by atoms with Crippen molar-refractivity contribution >= 4 is 83.2 Å². The third-order valence-corrected chi connectivity index (χ3v) is 12.9. The van der Waals surface area contributed by atoms with Gasteiger partial charge in [0.2, 0.25) is 0 Å². The van der Waals surface area contributed by atoms with Crippen molar-refractivity contribution in [3.05, 3.63) is 163 Å². The Balaban J connectivity index is 1.32. The van der Waals surface area contributed by atoms with Gasteiger partial charge in [-0.3, -0.25) is 0 Å². The van der Waals surface area contributed by atoms with E-state index in [1.807, 2.05) is 0 Å². The molecule has 0 radical (unpaired) electrons. The van der Waals surface area contributed by atoms with Crippen LogP contribution in [0.4, 0.5) is 17.1 Å². The van der Waals surface area contributed by atoms with E-state index in [1.54, 1.807) is 0 Å². The van der Waals surface area contributed by atoms with Crippen molar-refractivity contribution in [2.75, 3.05) is 4.90 Å². The zero-order valence-corrected chi connectivity index (χ0v) is 28.0. The summed E-state index contributed by atoms with van der Waals surface area (Å²) in [5, 5.41) is 10.6. The number of hydrogen-bond donors (Lipinski definition) is 0. The monoisotopic (exact) mass is 665 g/mol. The number of anilines is 3. The first-order valence-corrected chi connectivity index (χ1v) is 18.1. The van der Waals surface area contributed by atoms with Gasteiger partial charge in [0.1, 0.15) is 0 Å². The molecule has 222 valence electrons. The molecule has 8 aromatic carbocycles. The fourth-order valence-corrected chi connectivity index (χ4v) is 10.8. The van der Waals surface area contributed by atoms with Crippen LogP contribution in [-0.2, 0) is 5.41 Å². The van der Waals surface area contributed by atoms with Crippen LogP contribution in [0, 0.1) is 0 Å². The van der Waals surface area contributed by atoms with Gasteiger partial charge in [-0.25, -0.2) is 0 Å². The van der Waals surface area contributed by atoms with Gasteiger partial charge in [-0.15, -0.1) is 0 Å². The molecule has 10 rings (SSSR count). The first kappa shape index (κ1) is 27.0. The van der Waals surface area contributed by atoms with E-state index in [0.29, 0.717) is 0 Å². The predicted octanol–water partition coefficient (Wildman–Crippen LogP) is 12.3. The molecule has 1 nitrogen and oxygen atoms in total. The van der Waals surface area contributed by atoms with Crippen molar-refractivity contribution in [2.24, 2.45) is 0 Å². The molecule has 9 aromatic rings. The number of fused-ring (bicyclic) bond motifs is 11. The SMILES string of the molecule is CC1(C)c2ccccc2-c2cc(N(c3ccc4ccccc4c3)c3cc4ccccc4c4c3ccc3c5ccccc5[se]c34)ccc21. The summed E-state index contributed by atoms with van der Waals surface area (Å²) in [6, 6.07) is 56.8. The first-order valence-electron chi connectivity index (χ1n) is 16.4. The van der Waals surface area contributed by atoms with Gasteiger partial charge in [0.15, 0.2) is 0 Å². The van der Waals surface area contributed by atoms with Crippen LogP contribution < -0.4 is 4.90 Å². The van der Waals surface area contributed by atoms with Crippen LogP contribution in [0.5, 0.6) is 0 Å². The minimum atomic E-state index is -0.0362. The molecule has 0 saturated heterocycles. The molecule has 0 unspecified atom stereocenters. The van der Waals surface area contributed by atoms with E-state index in [4.69, 9.17) is 0 Å². The average Bonchev–Trinajstić information content (AvgIpc) is 3.60. The Bertz CT molecular complexity index is 2730. The summed E-state index contributed by atoms with van der Waals surface area (Å²) in [6.45, 7) is 4.71. The standard InChI is InChI=1S/C45H31NSe/c1-45(2)39-17-9-7-15-34(39)38-27-32(21-24-40(38)45)46(31-20-19-28-11-3-4-12-29(28)25-31)41-26-30-13-5-6-14-33(30)43-37(41)23-22-36-35-16-8-10-18-42(35)47-44(36)43/h3-27H,1-2H3. The van der Waals surface area contributed by atoms with Crippen molar-refractivity contribution in [1.82, 2.24) is 0 Å². The Labute approximate surface area is 280 Å². The van der Waals surface area contributed by atoms with Crippen LogP contribution in [0.2, 0.25) is 0 Å². The molecule has 1 aliphatic rings. The number of nitrogens with zero attached hydrogens (tertiary/aromatic N) is 1. The Kier molecular flexibility index (Phi) is 5.71. The number of hydrogen-bond acceptors (Lipinski definition) is 1. The topological polar surface area (TPSA) is 3.24 Å². The summed E-state index contributed by atoms with van der Waals surface area (Å²) in [5.41, 5.74) is 8.99. The van der Waals surface area contributed by atoms with Crippen molar-refractivity contribution in [3.63, 3.8) is 0 Å². The summed E-state index contributed by atoms with van der Waals surface area (Å²) in [5.74, 6) is 0. The van der Waals surface area contributed by atoms with Gasteiger partial charge < -0.3 is 0 Å². The molecule has 2 heteroatoms. The summed E-state index contributed by atoms with van der Waals surface area (Å²) < 4.78 is 2.97. The first-order chi connectivity index (χ1) is 23.1. The quantitative estimate of drug-likeness (QED) is 0.134. The van der Waals surface area contributed by atoms with E-state index in [9.17, 15) is 0 Å². The van der Waals surface area contributed by atoms with Crippen molar-refractivity contribution in [2.45, 2.75) is 19.3 Å². The molecule has 1 aromatic heterocycles. The van der Waals surface area contributed by atoms with E-state index < -0.39 is 0 Å². The molecular weight excluding hydrogens is 633 g/mol. The fraction of sp³-hybridized carbons (Fsp3) is 0.0667. The summed E-state index contributed by atoms with van der Waals surface area (Å²) in [7, 11) is 0. The predicted molar refractivity (Wildman–Crippen MR) is 203 cm³/mol. The molecule has 0 fully saturated rings. The molecule has 0 N–H and O–H groups in total. The van der Waals surface area contributed by atoms with Gasteiger partial charge >= 0.3 is 281 Å². The van der Waals surface area contributed by atoms with E-state index in [-0.39, 0.29) is 19.9 Å². The zero-order valence-electron chi connectivity index (χ0n) is 26.3. The summed E-state index contributed by atoms with van der Waals surface area (Å²) in [4.78, 5) is 2.51. The zero-order chi connectivity index (χ0) is 31.3. The van der Waals surface area contributed by atoms with E-state index in [1.165, 1.54) is 90.9 Å². The molecule has 0 amide bonds. The van der Waals surface area contributed by atoms with Crippen molar-refractivity contribution in [3.8, 4) is 11.1 Å². The van der Waals surface area contributed by atoms with Crippen LogP contribution in [-0.4, -0.2) is 14.5 Å². The van der Waals surface area contributed by atoms with E-state index in [0.717, 1.165) is 0 Å². The van der Waals surface area contributed by atoms with Crippen molar-refractivity contribution in [1.29, 1.82) is 0 Å². The second kappa shape index (κ2) is 9.93. The van der Waals surface area contributed by atoms with Crippen LogP contribution in [0.25, 0.3) is 62.7 Å². The van der Waals surface area contributed by atoms with Crippen molar-refractivity contribution < 1.29 is 0 Å². The molecule has 0 spiro atoms. The van der Waals surface area contributed by atoms with E-state index in [2.05, 4.69) is 170 Å². The molecule has 0 saturated carbocycles. The van der Waals surface area contributed by atoms with Crippen LogP contribution in [0.1, 0.15) is 25.0 Å². The molecule has 0 atom stereocenters. The van der Waals surface area contributed by atoms with Gasteiger partial charge in [0.05, 0.1) is 0 Å². The van der Waals surface area contributed by atoms with Gasteiger partial charge in [-0.05, 0) is 0 Å². The fourth-order valence-electron chi connectivity index (χ4n) is 8.12. The van der Waals surface area contributed by atoms with Gasteiger partial charge in [0.25, 0.3) is 0 Å². The Morgan fingerprint density at radius 1 is 0.468 bits per heavy atom. The molecule has 0 bridgehead atoms. The third-order valence-electron chi connectivity index (χ3n) is 10.4. The van der Waals surface area contributed by atoms with Crippen LogP contribution in [0.15, 0.2) is 152 Å². The number of rotatable bonds is 3. The second-order valence-corrected chi connectivity index (χ2v) is 15.6. The number of benzene rings is 8. The third kappa shape index (κ3) is 3.90. The van der Waals surface area contributed by atoms with Crippen LogP contribution >= 0.6 is 0 Å². The van der Waals surface area contributed by atoms with Crippen LogP contribution in [0.3, 0.4) is 0 Å². The van der Waals surface area contributed by atoms with E-state index >= 15 is 0 Å².